The first-order chi connectivity index (χ1) is 8.91. The Morgan fingerprint density at radius 3 is 2.74 bits per heavy atom. The summed E-state index contributed by atoms with van der Waals surface area (Å²) in [6, 6.07) is 2.30. The van der Waals surface area contributed by atoms with Gasteiger partial charge in [-0.05, 0) is 18.2 Å². The van der Waals surface area contributed by atoms with E-state index in [0.29, 0.717) is 11.9 Å². The molecule has 2 aromatic rings. The number of benzene rings is 1. The monoisotopic (exact) mass is 287 g/mol. The van der Waals surface area contributed by atoms with Gasteiger partial charge in [0.05, 0.1) is 6.54 Å². The predicted octanol–water partition coefficient (Wildman–Crippen LogP) is 1.51. The minimum Gasteiger partial charge on any atom is -0.347 e. The number of imidazole rings is 1. The van der Waals surface area contributed by atoms with E-state index in [1.54, 1.807) is 6.20 Å². The summed E-state index contributed by atoms with van der Waals surface area (Å²) in [7, 11) is -2.84. The minimum atomic E-state index is -4.11. The molecule has 0 spiro atoms. The molecule has 1 heterocycles. The number of hydrogen-bond acceptors (Lipinski definition) is 3. The zero-order chi connectivity index (χ0) is 14.0. The second-order valence-corrected chi connectivity index (χ2v) is 5.89. The number of aromatic amines is 1. The molecule has 0 aliphatic heterocycles. The Bertz CT molecular complexity index is 671. The van der Waals surface area contributed by atoms with E-state index in [9.17, 15) is 17.2 Å². The molecular weight excluding hydrogens is 276 g/mol. The second kappa shape index (κ2) is 5.06. The third-order valence-electron chi connectivity index (χ3n) is 2.51. The van der Waals surface area contributed by atoms with Crippen molar-refractivity contribution in [2.24, 2.45) is 0 Å². The number of aromatic nitrogens is 2. The van der Waals surface area contributed by atoms with E-state index in [0.717, 1.165) is 16.4 Å². The molecule has 0 fully saturated rings. The molecule has 0 aliphatic carbocycles. The Balaban J connectivity index is 2.33. The molecule has 2 rings (SSSR count). The molecule has 0 unspecified atom stereocenters. The van der Waals surface area contributed by atoms with Crippen LogP contribution in [-0.4, -0.2) is 29.7 Å². The summed E-state index contributed by atoms with van der Waals surface area (Å²) < 4.78 is 51.7. The summed E-state index contributed by atoms with van der Waals surface area (Å²) >= 11 is 0. The van der Waals surface area contributed by atoms with Gasteiger partial charge in [-0.25, -0.2) is 22.2 Å². The summed E-state index contributed by atoms with van der Waals surface area (Å²) in [4.78, 5) is 5.91. The summed E-state index contributed by atoms with van der Waals surface area (Å²) in [5, 5.41) is 0. The number of rotatable bonds is 4. The van der Waals surface area contributed by atoms with Crippen LogP contribution in [0, 0.1) is 11.6 Å². The lowest BCUT2D eigenvalue weighted by atomic mass is 10.3. The van der Waals surface area contributed by atoms with E-state index in [1.807, 2.05) is 0 Å². The van der Waals surface area contributed by atoms with Crippen molar-refractivity contribution in [1.29, 1.82) is 0 Å². The van der Waals surface area contributed by atoms with Gasteiger partial charge in [0.1, 0.15) is 22.4 Å². The van der Waals surface area contributed by atoms with Gasteiger partial charge < -0.3 is 4.98 Å². The van der Waals surface area contributed by atoms with Crippen molar-refractivity contribution in [2.75, 3.05) is 7.05 Å². The molecular formula is C11H11F2N3O2S. The van der Waals surface area contributed by atoms with Crippen LogP contribution < -0.4 is 0 Å². The molecule has 1 N–H and O–H groups in total. The van der Waals surface area contributed by atoms with Crippen LogP contribution in [0.3, 0.4) is 0 Å². The van der Waals surface area contributed by atoms with Gasteiger partial charge in [0.15, 0.2) is 0 Å². The van der Waals surface area contributed by atoms with Crippen molar-refractivity contribution >= 4 is 10.0 Å². The highest BCUT2D eigenvalue weighted by atomic mass is 32.2. The Kier molecular flexibility index (Phi) is 3.63. The van der Waals surface area contributed by atoms with Gasteiger partial charge in [-0.3, -0.25) is 0 Å². The topological polar surface area (TPSA) is 66.1 Å². The SMILES string of the molecule is CN(Cc1ncc[nH]1)S(=O)(=O)c1cc(F)ccc1F. The van der Waals surface area contributed by atoms with Crippen molar-refractivity contribution in [2.45, 2.75) is 11.4 Å². The van der Waals surface area contributed by atoms with Gasteiger partial charge >= 0.3 is 0 Å². The lowest BCUT2D eigenvalue weighted by Gasteiger charge is -2.16. The van der Waals surface area contributed by atoms with Crippen LogP contribution in [0.2, 0.25) is 0 Å². The van der Waals surface area contributed by atoms with Crippen LogP contribution >= 0.6 is 0 Å². The van der Waals surface area contributed by atoms with E-state index in [4.69, 9.17) is 0 Å². The molecule has 0 amide bonds. The van der Waals surface area contributed by atoms with Crippen LogP contribution in [0.1, 0.15) is 5.82 Å². The molecule has 0 saturated heterocycles. The van der Waals surface area contributed by atoms with Gasteiger partial charge in [0.2, 0.25) is 10.0 Å². The normalized spacial score (nSPS) is 12.0. The highest BCUT2D eigenvalue weighted by molar-refractivity contribution is 7.89. The summed E-state index contributed by atoms with van der Waals surface area (Å²) in [5.41, 5.74) is 0. The maximum atomic E-state index is 13.5. The first-order valence-corrected chi connectivity index (χ1v) is 6.75. The molecule has 0 radical (unpaired) electrons. The van der Waals surface area contributed by atoms with Crippen LogP contribution in [0.5, 0.6) is 0 Å². The first kappa shape index (κ1) is 13.6. The van der Waals surface area contributed by atoms with E-state index < -0.39 is 26.6 Å². The number of halogens is 2. The average molecular weight is 287 g/mol. The number of hydrogen-bond donors (Lipinski definition) is 1. The van der Waals surface area contributed by atoms with Crippen LogP contribution in [0.4, 0.5) is 8.78 Å². The molecule has 19 heavy (non-hydrogen) atoms. The lowest BCUT2D eigenvalue weighted by Crippen LogP contribution is -2.27. The fourth-order valence-corrected chi connectivity index (χ4v) is 2.73. The molecule has 1 aromatic carbocycles. The molecule has 0 bridgehead atoms. The molecule has 102 valence electrons. The summed E-state index contributed by atoms with van der Waals surface area (Å²) in [6.45, 7) is -0.0642. The van der Waals surface area contributed by atoms with Crippen molar-refractivity contribution in [3.63, 3.8) is 0 Å². The summed E-state index contributed by atoms with van der Waals surface area (Å²) in [6.07, 6.45) is 3.01. The van der Waals surface area contributed by atoms with E-state index >= 15 is 0 Å². The first-order valence-electron chi connectivity index (χ1n) is 5.31. The van der Waals surface area contributed by atoms with Crippen LogP contribution in [0.25, 0.3) is 0 Å². The van der Waals surface area contributed by atoms with Gasteiger partial charge in [-0.2, -0.15) is 4.31 Å². The van der Waals surface area contributed by atoms with E-state index in [1.165, 1.54) is 13.2 Å². The predicted molar refractivity (Wildman–Crippen MR) is 63.6 cm³/mol. The quantitative estimate of drug-likeness (QED) is 0.927. The summed E-state index contributed by atoms with van der Waals surface area (Å²) in [5.74, 6) is -1.40. The zero-order valence-electron chi connectivity index (χ0n) is 9.97. The maximum Gasteiger partial charge on any atom is 0.246 e. The largest absolute Gasteiger partial charge is 0.347 e. The van der Waals surface area contributed by atoms with Gasteiger partial charge in [0, 0.05) is 19.4 Å². The van der Waals surface area contributed by atoms with Gasteiger partial charge in [0.25, 0.3) is 0 Å². The smallest absolute Gasteiger partial charge is 0.246 e. The number of sulfonamides is 1. The highest BCUT2D eigenvalue weighted by Crippen LogP contribution is 2.20. The highest BCUT2D eigenvalue weighted by Gasteiger charge is 2.25. The standard InChI is InChI=1S/C11H11F2N3O2S/c1-16(7-11-14-4-5-15-11)19(17,18)10-6-8(12)2-3-9(10)13/h2-6H,7H2,1H3,(H,14,15). The number of nitrogens with zero attached hydrogens (tertiary/aromatic N) is 2. The van der Waals surface area contributed by atoms with Gasteiger partial charge in [-0.1, -0.05) is 0 Å². The molecule has 5 nitrogen and oxygen atoms in total. The van der Waals surface area contributed by atoms with Crippen molar-refractivity contribution in [3.8, 4) is 0 Å². The molecule has 0 saturated carbocycles. The molecule has 0 atom stereocenters. The number of H-pyrrole nitrogens is 1. The fourth-order valence-electron chi connectivity index (χ4n) is 1.52. The Morgan fingerprint density at radius 2 is 2.11 bits per heavy atom. The second-order valence-electron chi connectivity index (χ2n) is 3.87. The molecule has 1 aromatic heterocycles. The van der Waals surface area contributed by atoms with Crippen molar-refractivity contribution in [3.05, 3.63) is 48.1 Å². The molecule has 8 heteroatoms. The maximum absolute atomic E-state index is 13.5. The Hall–Kier alpha value is -1.80. The Labute approximate surface area is 108 Å². The van der Waals surface area contributed by atoms with Crippen molar-refractivity contribution < 1.29 is 17.2 Å². The van der Waals surface area contributed by atoms with Crippen LogP contribution in [0.15, 0.2) is 35.5 Å². The molecule has 0 aliphatic rings. The third-order valence-corrected chi connectivity index (χ3v) is 4.33. The van der Waals surface area contributed by atoms with Gasteiger partial charge in [-0.15, -0.1) is 0 Å². The minimum absolute atomic E-state index is 0.0642. The van der Waals surface area contributed by atoms with Crippen molar-refractivity contribution in [1.82, 2.24) is 14.3 Å². The third kappa shape index (κ3) is 2.79. The lowest BCUT2D eigenvalue weighted by molar-refractivity contribution is 0.450. The van der Waals surface area contributed by atoms with Crippen LogP contribution in [-0.2, 0) is 16.6 Å². The number of nitrogens with one attached hydrogen (secondary N) is 1. The zero-order valence-corrected chi connectivity index (χ0v) is 10.8. The Morgan fingerprint density at radius 1 is 1.37 bits per heavy atom. The van der Waals surface area contributed by atoms with E-state index in [-0.39, 0.29) is 6.54 Å². The fraction of sp³-hybridized carbons (Fsp3) is 0.182. The average Bonchev–Trinajstić information content (AvgIpc) is 2.85. The van der Waals surface area contributed by atoms with E-state index in [2.05, 4.69) is 9.97 Å².